The molecule has 41 heavy (non-hydrogen) atoms. The number of anilines is 1. The molecule has 11 heteroatoms. The monoisotopic (exact) mass is 585 g/mol. The topological polar surface area (TPSA) is 93.4 Å². The predicted octanol–water partition coefficient (Wildman–Crippen LogP) is 6.51. The van der Waals surface area contributed by atoms with Crippen molar-refractivity contribution in [1.82, 2.24) is 29.5 Å². The van der Waals surface area contributed by atoms with Crippen LogP contribution in [-0.4, -0.2) is 29.5 Å². The van der Waals surface area contributed by atoms with Gasteiger partial charge in [-0.3, -0.25) is 4.79 Å². The standard InChI is InChI=1S/C30H22Cl2FN7O/c1-14-2-4-17-22(35-14)6-5-18(28(17)33)23-12-34-30(36-23)29-21-11-20(21)25-8-15(9-27(41)40(25)29)19-10-16(31)3-7-24(19)39-13-26(32)37-38-39/h3,5-10,12-13,20-21,29,35H,1-2,4,11H2,(H,34,36). The molecule has 0 spiro atoms. The molecule has 1 aliphatic carbocycles. The molecule has 0 amide bonds. The Morgan fingerprint density at radius 3 is 2.78 bits per heavy atom. The molecule has 2 N–H and O–H groups in total. The summed E-state index contributed by atoms with van der Waals surface area (Å²) in [6, 6.07) is 12.4. The molecule has 3 aromatic heterocycles. The third-order valence-corrected chi connectivity index (χ3v) is 8.79. The zero-order valence-corrected chi connectivity index (χ0v) is 23.0. The number of halogens is 3. The third-order valence-electron chi connectivity index (χ3n) is 8.38. The van der Waals surface area contributed by atoms with E-state index in [-0.39, 0.29) is 34.4 Å². The molecule has 204 valence electrons. The summed E-state index contributed by atoms with van der Waals surface area (Å²) < 4.78 is 18.9. The summed E-state index contributed by atoms with van der Waals surface area (Å²) in [5.41, 5.74) is 6.36. The fourth-order valence-corrected chi connectivity index (χ4v) is 6.70. The van der Waals surface area contributed by atoms with Crippen LogP contribution in [0.25, 0.3) is 28.1 Å². The van der Waals surface area contributed by atoms with E-state index >= 15 is 4.39 Å². The number of imidazole rings is 1. The van der Waals surface area contributed by atoms with Crippen molar-refractivity contribution in [3.05, 3.63) is 111 Å². The van der Waals surface area contributed by atoms with Gasteiger partial charge in [0.15, 0.2) is 5.15 Å². The summed E-state index contributed by atoms with van der Waals surface area (Å²) in [6.45, 7) is 3.96. The second-order valence-corrected chi connectivity index (χ2v) is 11.7. The number of hydrogen-bond donors (Lipinski definition) is 2. The largest absolute Gasteiger partial charge is 0.359 e. The molecule has 8 rings (SSSR count). The van der Waals surface area contributed by atoms with Crippen molar-refractivity contribution in [2.75, 3.05) is 5.32 Å². The molecule has 2 aromatic carbocycles. The van der Waals surface area contributed by atoms with Crippen LogP contribution in [0.2, 0.25) is 10.2 Å². The van der Waals surface area contributed by atoms with Gasteiger partial charge in [-0.1, -0.05) is 35.0 Å². The van der Waals surface area contributed by atoms with Gasteiger partial charge in [0.2, 0.25) is 0 Å². The number of pyridine rings is 1. The van der Waals surface area contributed by atoms with Crippen LogP contribution in [0.1, 0.15) is 41.9 Å². The van der Waals surface area contributed by atoms with E-state index in [1.54, 1.807) is 35.3 Å². The van der Waals surface area contributed by atoms with E-state index in [0.29, 0.717) is 46.2 Å². The fraction of sp³-hybridized carbons (Fsp3) is 0.200. The van der Waals surface area contributed by atoms with E-state index in [1.165, 1.54) is 0 Å². The summed E-state index contributed by atoms with van der Waals surface area (Å²) in [5.74, 6) is 0.879. The van der Waals surface area contributed by atoms with E-state index in [0.717, 1.165) is 34.6 Å². The van der Waals surface area contributed by atoms with Crippen molar-refractivity contribution in [3.63, 3.8) is 0 Å². The zero-order chi connectivity index (χ0) is 28.0. The van der Waals surface area contributed by atoms with Crippen molar-refractivity contribution in [1.29, 1.82) is 0 Å². The lowest BCUT2D eigenvalue weighted by Crippen LogP contribution is -2.26. The first-order chi connectivity index (χ1) is 19.9. The number of H-pyrrole nitrogens is 1. The Labute approximate surface area is 243 Å². The fourth-order valence-electron chi connectivity index (χ4n) is 6.40. The predicted molar refractivity (Wildman–Crippen MR) is 155 cm³/mol. The highest BCUT2D eigenvalue weighted by molar-refractivity contribution is 6.31. The minimum atomic E-state index is -0.262. The molecule has 0 bridgehead atoms. The maximum Gasteiger partial charge on any atom is 0.252 e. The van der Waals surface area contributed by atoms with Gasteiger partial charge in [0.25, 0.3) is 5.56 Å². The summed E-state index contributed by atoms with van der Waals surface area (Å²) in [7, 11) is 0. The van der Waals surface area contributed by atoms with Gasteiger partial charge in [0, 0.05) is 50.8 Å². The number of benzene rings is 2. The lowest BCUT2D eigenvalue weighted by molar-refractivity contribution is 0.514. The quantitative estimate of drug-likeness (QED) is 0.251. The van der Waals surface area contributed by atoms with Crippen LogP contribution in [0.15, 0.2) is 71.9 Å². The van der Waals surface area contributed by atoms with Gasteiger partial charge in [-0.2, -0.15) is 0 Å². The maximum atomic E-state index is 15.5. The molecular formula is C30H22Cl2FN7O. The first-order valence-corrected chi connectivity index (χ1v) is 14.1. The van der Waals surface area contributed by atoms with Crippen molar-refractivity contribution >= 4 is 28.9 Å². The molecule has 5 aromatic rings. The van der Waals surface area contributed by atoms with Crippen LogP contribution in [0.4, 0.5) is 10.1 Å². The van der Waals surface area contributed by atoms with Gasteiger partial charge in [-0.05, 0) is 67.1 Å². The second-order valence-electron chi connectivity index (χ2n) is 10.8. The number of hydrogen-bond acceptors (Lipinski definition) is 5. The minimum absolute atomic E-state index is 0.138. The molecule has 2 aliphatic heterocycles. The number of nitrogens with zero attached hydrogens (tertiary/aromatic N) is 5. The smallest absolute Gasteiger partial charge is 0.252 e. The van der Waals surface area contributed by atoms with Crippen molar-refractivity contribution in [2.24, 2.45) is 5.92 Å². The Hall–Kier alpha value is -4.21. The van der Waals surface area contributed by atoms with Crippen LogP contribution in [0, 0.1) is 11.7 Å². The lowest BCUT2D eigenvalue weighted by Gasteiger charge is -2.21. The average Bonchev–Trinajstić information content (AvgIpc) is 3.24. The van der Waals surface area contributed by atoms with Crippen LogP contribution in [0.5, 0.6) is 0 Å². The van der Waals surface area contributed by atoms with Crippen LogP contribution in [-0.2, 0) is 6.42 Å². The average molecular weight is 586 g/mol. The maximum absolute atomic E-state index is 15.5. The van der Waals surface area contributed by atoms with Gasteiger partial charge in [-0.15, -0.1) is 5.10 Å². The van der Waals surface area contributed by atoms with Crippen molar-refractivity contribution in [2.45, 2.75) is 31.2 Å². The Morgan fingerprint density at radius 1 is 1.07 bits per heavy atom. The summed E-state index contributed by atoms with van der Waals surface area (Å²) in [4.78, 5) is 21.7. The summed E-state index contributed by atoms with van der Waals surface area (Å²) in [6.07, 6.45) is 5.50. The molecule has 8 nitrogen and oxygen atoms in total. The summed E-state index contributed by atoms with van der Waals surface area (Å²) in [5, 5.41) is 11.9. The highest BCUT2D eigenvalue weighted by atomic mass is 35.5. The van der Waals surface area contributed by atoms with E-state index in [1.807, 2.05) is 28.8 Å². The molecule has 1 fully saturated rings. The number of aromatic nitrogens is 6. The minimum Gasteiger partial charge on any atom is -0.359 e. The molecule has 0 radical (unpaired) electrons. The SMILES string of the molecule is C=C1CCc2c(ccc(-c3cnc(C4C5CC5c5cc(-c6cc(Cl)ccc6-n6cc(Cl)nn6)cc(=O)n54)[nH]3)c2F)N1. The van der Waals surface area contributed by atoms with Crippen LogP contribution < -0.4 is 10.9 Å². The molecular weight excluding hydrogens is 564 g/mol. The lowest BCUT2D eigenvalue weighted by atomic mass is 9.97. The summed E-state index contributed by atoms with van der Waals surface area (Å²) >= 11 is 12.4. The number of aromatic amines is 1. The van der Waals surface area contributed by atoms with Gasteiger partial charge in [-0.25, -0.2) is 14.1 Å². The Kier molecular flexibility index (Phi) is 5.33. The Bertz CT molecular complexity index is 1980. The Morgan fingerprint density at radius 2 is 1.95 bits per heavy atom. The molecule has 5 heterocycles. The number of fused-ring (bicyclic) bond motifs is 4. The van der Waals surface area contributed by atoms with E-state index in [2.05, 4.69) is 32.2 Å². The van der Waals surface area contributed by atoms with E-state index in [9.17, 15) is 4.79 Å². The molecule has 0 saturated heterocycles. The highest BCUT2D eigenvalue weighted by Gasteiger charge is 2.54. The van der Waals surface area contributed by atoms with Gasteiger partial charge < -0.3 is 14.9 Å². The van der Waals surface area contributed by atoms with Gasteiger partial charge >= 0.3 is 0 Å². The second kappa shape index (κ2) is 8.89. The molecule has 3 aliphatic rings. The first kappa shape index (κ1) is 24.6. The number of allylic oxidation sites excluding steroid dienone is 1. The molecule has 3 atom stereocenters. The number of rotatable bonds is 4. The number of nitrogens with one attached hydrogen (secondary N) is 2. The van der Waals surface area contributed by atoms with Crippen molar-refractivity contribution in [3.8, 4) is 28.1 Å². The van der Waals surface area contributed by atoms with Crippen molar-refractivity contribution < 1.29 is 4.39 Å². The molecule has 1 saturated carbocycles. The zero-order valence-electron chi connectivity index (χ0n) is 21.5. The molecule has 3 unspecified atom stereocenters. The van der Waals surface area contributed by atoms with Gasteiger partial charge in [0.05, 0.1) is 29.8 Å². The van der Waals surface area contributed by atoms with E-state index < -0.39 is 0 Å². The van der Waals surface area contributed by atoms with Crippen LogP contribution >= 0.6 is 23.2 Å². The van der Waals surface area contributed by atoms with E-state index in [4.69, 9.17) is 23.2 Å². The van der Waals surface area contributed by atoms with Gasteiger partial charge in [0.1, 0.15) is 11.6 Å². The highest BCUT2D eigenvalue weighted by Crippen LogP contribution is 2.60. The third kappa shape index (κ3) is 3.87. The Balaban J connectivity index is 1.18. The van der Waals surface area contributed by atoms with Crippen LogP contribution in [0.3, 0.4) is 0 Å². The first-order valence-electron chi connectivity index (χ1n) is 13.3. The normalized spacial score (nSPS) is 20.4.